The smallest absolute Gasteiger partial charge is 0.240 e. The molecule has 8 heteroatoms. The molecular formula is C12H18N2O4S2. The third kappa shape index (κ3) is 3.50. The van der Waals surface area contributed by atoms with Crippen molar-refractivity contribution in [2.75, 3.05) is 17.2 Å². The van der Waals surface area contributed by atoms with E-state index in [0.29, 0.717) is 18.5 Å². The molecule has 1 heterocycles. The lowest BCUT2D eigenvalue weighted by molar-refractivity contribution is 0.517. The average molecular weight is 318 g/mol. The summed E-state index contributed by atoms with van der Waals surface area (Å²) in [6, 6.07) is 3.91. The fourth-order valence-electron chi connectivity index (χ4n) is 2.19. The van der Waals surface area contributed by atoms with Gasteiger partial charge in [0.25, 0.3) is 0 Å². The lowest BCUT2D eigenvalue weighted by atomic mass is 10.2. The number of nitrogens with one attached hydrogen (secondary N) is 1. The molecule has 0 spiro atoms. The summed E-state index contributed by atoms with van der Waals surface area (Å²) in [4.78, 5) is 0.0589. The Morgan fingerprint density at radius 2 is 2.05 bits per heavy atom. The van der Waals surface area contributed by atoms with Gasteiger partial charge in [-0.15, -0.1) is 0 Å². The zero-order chi connectivity index (χ0) is 15.0. The molecule has 3 N–H and O–H groups in total. The zero-order valence-corrected chi connectivity index (χ0v) is 12.8. The van der Waals surface area contributed by atoms with Crippen molar-refractivity contribution in [2.24, 2.45) is 0 Å². The van der Waals surface area contributed by atoms with E-state index in [-0.39, 0.29) is 16.4 Å². The SMILES string of the molecule is Cc1ccc(S(=O)(=O)NC2CCCS(=O)(=O)C2)cc1N. The average Bonchev–Trinajstić information content (AvgIpc) is 2.30. The van der Waals surface area contributed by atoms with Gasteiger partial charge in [-0.25, -0.2) is 21.6 Å². The molecule has 0 radical (unpaired) electrons. The van der Waals surface area contributed by atoms with E-state index < -0.39 is 25.9 Å². The van der Waals surface area contributed by atoms with E-state index in [1.165, 1.54) is 12.1 Å². The second kappa shape index (κ2) is 5.34. The molecule has 1 aromatic rings. The summed E-state index contributed by atoms with van der Waals surface area (Å²) in [5, 5.41) is 0. The highest BCUT2D eigenvalue weighted by atomic mass is 32.2. The number of hydrogen-bond donors (Lipinski definition) is 2. The van der Waals surface area contributed by atoms with Gasteiger partial charge in [0.1, 0.15) is 0 Å². The number of nitrogen functional groups attached to an aromatic ring is 1. The number of sulfone groups is 1. The number of nitrogens with two attached hydrogens (primary N) is 1. The van der Waals surface area contributed by atoms with Crippen LogP contribution >= 0.6 is 0 Å². The van der Waals surface area contributed by atoms with Crippen LogP contribution in [0.25, 0.3) is 0 Å². The maximum Gasteiger partial charge on any atom is 0.240 e. The predicted octanol–water partition coefficient (Wildman–Crippen LogP) is 0.433. The Morgan fingerprint density at radius 1 is 1.35 bits per heavy atom. The molecule has 2 rings (SSSR count). The van der Waals surface area contributed by atoms with Crippen molar-refractivity contribution in [1.29, 1.82) is 0 Å². The normalized spacial score (nSPS) is 22.6. The molecule has 1 aliphatic heterocycles. The molecule has 112 valence electrons. The van der Waals surface area contributed by atoms with Crippen LogP contribution in [0.5, 0.6) is 0 Å². The summed E-state index contributed by atoms with van der Waals surface area (Å²) in [6.07, 6.45) is 1.01. The molecule has 1 saturated heterocycles. The summed E-state index contributed by atoms with van der Waals surface area (Å²) < 4.78 is 49.9. The Morgan fingerprint density at radius 3 is 2.65 bits per heavy atom. The van der Waals surface area contributed by atoms with Crippen molar-refractivity contribution < 1.29 is 16.8 Å². The van der Waals surface area contributed by atoms with E-state index in [1.807, 2.05) is 0 Å². The van der Waals surface area contributed by atoms with E-state index in [4.69, 9.17) is 5.73 Å². The molecule has 1 aliphatic rings. The molecule has 20 heavy (non-hydrogen) atoms. The molecule has 0 aliphatic carbocycles. The maximum absolute atomic E-state index is 12.2. The molecule has 0 amide bonds. The standard InChI is InChI=1S/C12H18N2O4S2/c1-9-4-5-11(7-12(9)13)20(17,18)14-10-3-2-6-19(15,16)8-10/h4-5,7,10,14H,2-3,6,8,13H2,1H3. The molecule has 1 fully saturated rings. The van der Waals surface area contributed by atoms with Crippen LogP contribution in [0.15, 0.2) is 23.1 Å². The molecule has 6 nitrogen and oxygen atoms in total. The highest BCUT2D eigenvalue weighted by Crippen LogP contribution is 2.19. The molecule has 1 aromatic carbocycles. The first-order valence-corrected chi connectivity index (χ1v) is 9.59. The van der Waals surface area contributed by atoms with Crippen molar-refractivity contribution in [3.05, 3.63) is 23.8 Å². The van der Waals surface area contributed by atoms with Crippen molar-refractivity contribution in [2.45, 2.75) is 30.7 Å². The third-order valence-electron chi connectivity index (χ3n) is 3.35. The number of hydrogen-bond acceptors (Lipinski definition) is 5. The monoisotopic (exact) mass is 318 g/mol. The first kappa shape index (κ1) is 15.3. The lowest BCUT2D eigenvalue weighted by Gasteiger charge is -2.23. The Labute approximate surface area is 119 Å². The predicted molar refractivity (Wildman–Crippen MR) is 77.6 cm³/mol. The van der Waals surface area contributed by atoms with Crippen LogP contribution in [0, 0.1) is 6.92 Å². The van der Waals surface area contributed by atoms with Gasteiger partial charge in [0, 0.05) is 11.7 Å². The summed E-state index contributed by atoms with van der Waals surface area (Å²) >= 11 is 0. The van der Waals surface area contributed by atoms with Crippen molar-refractivity contribution in [3.63, 3.8) is 0 Å². The highest BCUT2D eigenvalue weighted by Gasteiger charge is 2.28. The van der Waals surface area contributed by atoms with Crippen LogP contribution in [0.2, 0.25) is 0 Å². The summed E-state index contributed by atoms with van der Waals surface area (Å²) in [5.41, 5.74) is 6.89. The fourth-order valence-corrected chi connectivity index (χ4v) is 5.24. The van der Waals surface area contributed by atoms with Gasteiger partial charge in [-0.1, -0.05) is 6.07 Å². The van der Waals surface area contributed by atoms with Gasteiger partial charge < -0.3 is 5.73 Å². The number of anilines is 1. The minimum Gasteiger partial charge on any atom is -0.398 e. The largest absolute Gasteiger partial charge is 0.398 e. The second-order valence-electron chi connectivity index (χ2n) is 5.09. The minimum atomic E-state index is -3.74. The molecule has 0 aromatic heterocycles. The third-order valence-corrected chi connectivity index (χ3v) is 6.68. The number of benzene rings is 1. The highest BCUT2D eigenvalue weighted by molar-refractivity contribution is 7.91. The maximum atomic E-state index is 12.2. The van der Waals surface area contributed by atoms with Crippen molar-refractivity contribution in [3.8, 4) is 0 Å². The topological polar surface area (TPSA) is 106 Å². The number of rotatable bonds is 3. The summed E-state index contributed by atoms with van der Waals surface area (Å²) in [6.45, 7) is 1.78. The van der Waals surface area contributed by atoms with Crippen LogP contribution < -0.4 is 10.5 Å². The van der Waals surface area contributed by atoms with Gasteiger partial charge in [-0.2, -0.15) is 0 Å². The van der Waals surface area contributed by atoms with Crippen LogP contribution in [-0.2, 0) is 19.9 Å². The van der Waals surface area contributed by atoms with Crippen LogP contribution in [0.1, 0.15) is 18.4 Å². The number of aryl methyl sites for hydroxylation is 1. The summed E-state index contributed by atoms with van der Waals surface area (Å²) in [7, 11) is -6.90. The zero-order valence-electron chi connectivity index (χ0n) is 11.2. The quantitative estimate of drug-likeness (QED) is 0.786. The first-order chi connectivity index (χ1) is 9.20. The fraction of sp³-hybridized carbons (Fsp3) is 0.500. The van der Waals surface area contributed by atoms with Gasteiger partial charge in [0.15, 0.2) is 9.84 Å². The van der Waals surface area contributed by atoms with E-state index in [9.17, 15) is 16.8 Å². The van der Waals surface area contributed by atoms with Gasteiger partial charge in [0.2, 0.25) is 10.0 Å². The Hall–Kier alpha value is -1.12. The van der Waals surface area contributed by atoms with Gasteiger partial charge in [-0.05, 0) is 37.5 Å². The molecule has 1 atom stereocenters. The first-order valence-electron chi connectivity index (χ1n) is 6.28. The molecule has 1 unspecified atom stereocenters. The van der Waals surface area contributed by atoms with E-state index in [2.05, 4.69) is 4.72 Å². The van der Waals surface area contributed by atoms with E-state index >= 15 is 0 Å². The van der Waals surface area contributed by atoms with Gasteiger partial charge >= 0.3 is 0 Å². The Kier molecular flexibility index (Phi) is 4.08. The van der Waals surface area contributed by atoms with Crippen molar-refractivity contribution in [1.82, 2.24) is 4.72 Å². The van der Waals surface area contributed by atoms with E-state index in [1.54, 1.807) is 13.0 Å². The van der Waals surface area contributed by atoms with Crippen LogP contribution in [-0.4, -0.2) is 34.4 Å². The second-order valence-corrected chi connectivity index (χ2v) is 9.04. The molecule has 0 bridgehead atoms. The Bertz CT molecular complexity index is 711. The van der Waals surface area contributed by atoms with Gasteiger partial charge in [0.05, 0.1) is 16.4 Å². The van der Waals surface area contributed by atoms with Crippen LogP contribution in [0.4, 0.5) is 5.69 Å². The Balaban J connectivity index is 2.21. The minimum absolute atomic E-state index is 0.0589. The lowest BCUT2D eigenvalue weighted by Crippen LogP contribution is -2.43. The van der Waals surface area contributed by atoms with E-state index in [0.717, 1.165) is 5.56 Å². The van der Waals surface area contributed by atoms with Crippen LogP contribution in [0.3, 0.4) is 0 Å². The number of sulfonamides is 1. The molecular weight excluding hydrogens is 300 g/mol. The van der Waals surface area contributed by atoms with Crippen molar-refractivity contribution >= 4 is 25.5 Å². The van der Waals surface area contributed by atoms with Gasteiger partial charge in [-0.3, -0.25) is 0 Å². The summed E-state index contributed by atoms with van der Waals surface area (Å²) in [5.74, 6) is -0.0176. The molecule has 0 saturated carbocycles.